The number of benzene rings is 1. The zero-order chi connectivity index (χ0) is 17.9. The van der Waals surface area contributed by atoms with Gasteiger partial charge in [0.05, 0.1) is 0 Å². The van der Waals surface area contributed by atoms with Crippen LogP contribution >= 0.6 is 0 Å². The van der Waals surface area contributed by atoms with Gasteiger partial charge < -0.3 is 15.5 Å². The first kappa shape index (κ1) is 19.7. The van der Waals surface area contributed by atoms with Crippen LogP contribution in [0.2, 0.25) is 0 Å². The SMILES string of the molecule is CC(C)CCCCCCC(=O)N/C(=C\c1ccc(O)cc1)C(=O)O. The Bertz CT molecular complexity index is 561. The van der Waals surface area contributed by atoms with E-state index in [0.717, 1.165) is 19.3 Å². The molecule has 5 nitrogen and oxygen atoms in total. The van der Waals surface area contributed by atoms with Crippen molar-refractivity contribution in [2.24, 2.45) is 5.92 Å². The summed E-state index contributed by atoms with van der Waals surface area (Å²) in [5.74, 6) is -0.665. The lowest BCUT2D eigenvalue weighted by atomic mass is 10.0. The summed E-state index contributed by atoms with van der Waals surface area (Å²) >= 11 is 0. The largest absolute Gasteiger partial charge is 0.508 e. The molecule has 0 aliphatic rings. The van der Waals surface area contributed by atoms with Gasteiger partial charge in [-0.05, 0) is 36.1 Å². The Morgan fingerprint density at radius 2 is 1.71 bits per heavy atom. The molecule has 0 unspecified atom stereocenters. The van der Waals surface area contributed by atoms with Crippen molar-refractivity contribution in [1.29, 1.82) is 0 Å². The number of phenols is 1. The Morgan fingerprint density at radius 3 is 2.29 bits per heavy atom. The molecule has 0 spiro atoms. The van der Waals surface area contributed by atoms with E-state index in [-0.39, 0.29) is 17.4 Å². The van der Waals surface area contributed by atoms with Crippen LogP contribution in [0.3, 0.4) is 0 Å². The summed E-state index contributed by atoms with van der Waals surface area (Å²) in [5, 5.41) is 20.9. The fraction of sp³-hybridized carbons (Fsp3) is 0.474. The minimum atomic E-state index is -1.19. The van der Waals surface area contributed by atoms with E-state index in [4.69, 9.17) is 0 Å². The topological polar surface area (TPSA) is 86.6 Å². The molecule has 0 bridgehead atoms. The maximum absolute atomic E-state index is 11.9. The van der Waals surface area contributed by atoms with Crippen molar-refractivity contribution in [2.45, 2.75) is 52.4 Å². The van der Waals surface area contributed by atoms with Crippen molar-refractivity contribution in [3.63, 3.8) is 0 Å². The first-order valence-corrected chi connectivity index (χ1v) is 8.42. The van der Waals surface area contributed by atoms with Gasteiger partial charge >= 0.3 is 5.97 Å². The smallest absolute Gasteiger partial charge is 0.352 e. The Balaban J connectivity index is 2.43. The standard InChI is InChI=1S/C19H27NO4/c1-14(2)7-5-3-4-6-8-18(22)20-17(19(23)24)13-15-9-11-16(21)12-10-15/h9-14,21H,3-8H2,1-2H3,(H,20,22)(H,23,24)/b17-13-. The summed E-state index contributed by atoms with van der Waals surface area (Å²) in [5.41, 5.74) is 0.435. The van der Waals surface area contributed by atoms with E-state index in [0.29, 0.717) is 17.9 Å². The Kier molecular flexibility index (Phi) is 8.61. The number of rotatable bonds is 10. The van der Waals surface area contributed by atoms with Crippen molar-refractivity contribution in [2.75, 3.05) is 0 Å². The van der Waals surface area contributed by atoms with Crippen molar-refractivity contribution in [3.8, 4) is 5.75 Å². The monoisotopic (exact) mass is 333 g/mol. The minimum Gasteiger partial charge on any atom is -0.508 e. The first-order valence-electron chi connectivity index (χ1n) is 8.42. The van der Waals surface area contributed by atoms with Crippen LogP contribution in [-0.2, 0) is 9.59 Å². The molecule has 3 N–H and O–H groups in total. The average molecular weight is 333 g/mol. The summed E-state index contributed by atoms with van der Waals surface area (Å²) in [6.45, 7) is 4.39. The van der Waals surface area contributed by atoms with Gasteiger partial charge in [-0.1, -0.05) is 51.7 Å². The molecule has 0 saturated carbocycles. The Hall–Kier alpha value is -2.30. The van der Waals surface area contributed by atoms with Crippen LogP contribution in [0.1, 0.15) is 57.9 Å². The minimum absolute atomic E-state index is 0.102. The van der Waals surface area contributed by atoms with Crippen LogP contribution in [0.15, 0.2) is 30.0 Å². The highest BCUT2D eigenvalue weighted by Crippen LogP contribution is 2.13. The molecule has 1 aromatic carbocycles. The second-order valence-corrected chi connectivity index (χ2v) is 6.35. The number of carbonyl (C=O) groups excluding carboxylic acids is 1. The number of unbranched alkanes of at least 4 members (excludes halogenated alkanes) is 3. The number of amides is 1. The van der Waals surface area contributed by atoms with Crippen LogP contribution in [0.25, 0.3) is 6.08 Å². The lowest BCUT2D eigenvalue weighted by Gasteiger charge is -2.07. The number of carboxylic acid groups (broad SMARTS) is 1. The van der Waals surface area contributed by atoms with Gasteiger partial charge in [-0.3, -0.25) is 4.79 Å². The number of aliphatic carboxylic acids is 1. The second kappa shape index (κ2) is 10.5. The van der Waals surface area contributed by atoms with Gasteiger partial charge in [-0.15, -0.1) is 0 Å². The van der Waals surface area contributed by atoms with Crippen molar-refractivity contribution >= 4 is 18.0 Å². The van der Waals surface area contributed by atoms with E-state index in [9.17, 15) is 19.8 Å². The first-order chi connectivity index (χ1) is 11.4. The molecule has 0 saturated heterocycles. The summed E-state index contributed by atoms with van der Waals surface area (Å²) in [4.78, 5) is 23.1. The average Bonchev–Trinajstić information content (AvgIpc) is 2.51. The van der Waals surface area contributed by atoms with Crippen molar-refractivity contribution in [1.82, 2.24) is 5.32 Å². The predicted octanol–water partition coefficient (Wildman–Crippen LogP) is 3.93. The molecule has 132 valence electrons. The van der Waals surface area contributed by atoms with Crippen molar-refractivity contribution in [3.05, 3.63) is 35.5 Å². The summed E-state index contributed by atoms with van der Waals surface area (Å²) < 4.78 is 0. The summed E-state index contributed by atoms with van der Waals surface area (Å²) in [6, 6.07) is 6.09. The van der Waals surface area contributed by atoms with E-state index in [1.54, 1.807) is 12.1 Å². The number of aromatic hydroxyl groups is 1. The van der Waals surface area contributed by atoms with Gasteiger partial charge in [0.1, 0.15) is 11.4 Å². The zero-order valence-electron chi connectivity index (χ0n) is 14.4. The number of hydrogen-bond donors (Lipinski definition) is 3. The number of carbonyl (C=O) groups is 2. The molecule has 0 aromatic heterocycles. The third kappa shape index (κ3) is 8.36. The highest BCUT2D eigenvalue weighted by Gasteiger charge is 2.11. The van der Waals surface area contributed by atoms with Gasteiger partial charge in [0.15, 0.2) is 0 Å². The summed E-state index contributed by atoms with van der Waals surface area (Å²) in [7, 11) is 0. The lowest BCUT2D eigenvalue weighted by molar-refractivity contribution is -0.134. The fourth-order valence-corrected chi connectivity index (χ4v) is 2.29. The van der Waals surface area contributed by atoms with E-state index in [2.05, 4.69) is 19.2 Å². The Labute approximate surface area is 143 Å². The van der Waals surface area contributed by atoms with Crippen LogP contribution in [0.5, 0.6) is 5.75 Å². The highest BCUT2D eigenvalue weighted by molar-refractivity contribution is 5.96. The molecule has 1 rings (SSSR count). The van der Waals surface area contributed by atoms with Gasteiger partial charge in [0.25, 0.3) is 0 Å². The molecule has 0 radical (unpaired) electrons. The molecular formula is C19H27NO4. The Morgan fingerprint density at radius 1 is 1.08 bits per heavy atom. The maximum Gasteiger partial charge on any atom is 0.352 e. The number of hydrogen-bond acceptors (Lipinski definition) is 3. The third-order valence-electron chi connectivity index (χ3n) is 3.64. The van der Waals surface area contributed by atoms with Crippen LogP contribution < -0.4 is 5.32 Å². The van der Waals surface area contributed by atoms with Gasteiger partial charge in [-0.2, -0.15) is 0 Å². The maximum atomic E-state index is 11.9. The summed E-state index contributed by atoms with van der Waals surface area (Å²) in [6.07, 6.45) is 6.90. The molecular weight excluding hydrogens is 306 g/mol. The predicted molar refractivity (Wildman–Crippen MR) is 94.4 cm³/mol. The molecule has 24 heavy (non-hydrogen) atoms. The fourth-order valence-electron chi connectivity index (χ4n) is 2.29. The second-order valence-electron chi connectivity index (χ2n) is 6.35. The van der Waals surface area contributed by atoms with Crippen LogP contribution in [0.4, 0.5) is 0 Å². The zero-order valence-corrected chi connectivity index (χ0v) is 14.4. The molecule has 0 fully saturated rings. The van der Waals surface area contributed by atoms with Gasteiger partial charge in [0, 0.05) is 6.42 Å². The highest BCUT2D eigenvalue weighted by atomic mass is 16.4. The quantitative estimate of drug-likeness (QED) is 0.447. The van der Waals surface area contributed by atoms with E-state index >= 15 is 0 Å². The lowest BCUT2D eigenvalue weighted by Crippen LogP contribution is -2.26. The molecule has 0 heterocycles. The van der Waals surface area contributed by atoms with E-state index < -0.39 is 5.97 Å². The van der Waals surface area contributed by atoms with Crippen molar-refractivity contribution < 1.29 is 19.8 Å². The molecule has 5 heteroatoms. The van der Waals surface area contributed by atoms with Gasteiger partial charge in [-0.25, -0.2) is 4.79 Å². The molecule has 1 amide bonds. The van der Waals surface area contributed by atoms with Crippen LogP contribution in [-0.4, -0.2) is 22.1 Å². The molecule has 0 aliphatic heterocycles. The number of phenolic OH excluding ortho intramolecular Hbond substituents is 1. The normalized spacial score (nSPS) is 11.5. The molecule has 0 aliphatic carbocycles. The molecule has 1 aromatic rings. The van der Waals surface area contributed by atoms with E-state index in [1.165, 1.54) is 31.1 Å². The van der Waals surface area contributed by atoms with E-state index in [1.807, 2.05) is 0 Å². The number of nitrogens with one attached hydrogen (secondary N) is 1. The third-order valence-corrected chi connectivity index (χ3v) is 3.64. The van der Waals surface area contributed by atoms with Gasteiger partial charge in [0.2, 0.25) is 5.91 Å². The molecule has 0 atom stereocenters. The van der Waals surface area contributed by atoms with Crippen LogP contribution in [0, 0.1) is 5.92 Å². The number of carboxylic acids is 1.